The number of hydrogen-bond acceptors (Lipinski definition) is 3. The Labute approximate surface area is 166 Å². The van der Waals surface area contributed by atoms with Crippen LogP contribution >= 0.6 is 0 Å². The maximum atomic E-state index is 11.4. The summed E-state index contributed by atoms with van der Waals surface area (Å²) in [5, 5.41) is 0. The zero-order chi connectivity index (χ0) is 19.8. The van der Waals surface area contributed by atoms with Crippen LogP contribution in [0.4, 0.5) is 17.1 Å². The van der Waals surface area contributed by atoms with Crippen LogP contribution in [0.25, 0.3) is 0 Å². The molecule has 0 saturated carbocycles. The van der Waals surface area contributed by atoms with Crippen molar-refractivity contribution in [3.63, 3.8) is 0 Å². The second kappa shape index (κ2) is 9.56. The second-order valence-corrected chi connectivity index (χ2v) is 6.69. The molecular formula is C25H25NO2. The number of carbonyl (C=O) groups is 1. The number of hydrogen-bond donors (Lipinski definition) is 0. The molecule has 28 heavy (non-hydrogen) atoms. The SMILES string of the molecule is C=C(C)C(=O)OCCCc1ccc(N(c2ccccc2)c2ccccc2)cc1. The Balaban J connectivity index is 1.71. The van der Waals surface area contributed by atoms with Crippen molar-refractivity contribution in [3.8, 4) is 0 Å². The minimum atomic E-state index is -0.322. The molecule has 3 nitrogen and oxygen atoms in total. The van der Waals surface area contributed by atoms with Crippen LogP contribution in [0, 0.1) is 0 Å². The fraction of sp³-hybridized carbons (Fsp3) is 0.160. The largest absolute Gasteiger partial charge is 0.462 e. The fourth-order valence-electron chi connectivity index (χ4n) is 2.98. The molecule has 0 fully saturated rings. The lowest BCUT2D eigenvalue weighted by Crippen LogP contribution is -2.09. The van der Waals surface area contributed by atoms with Crippen molar-refractivity contribution in [3.05, 3.63) is 103 Å². The van der Waals surface area contributed by atoms with E-state index in [1.807, 2.05) is 36.4 Å². The Morgan fingerprint density at radius 3 is 1.82 bits per heavy atom. The zero-order valence-corrected chi connectivity index (χ0v) is 16.2. The number of carbonyl (C=O) groups excluding carboxylic acids is 1. The van der Waals surface area contributed by atoms with Crippen LogP contribution in [-0.2, 0) is 16.0 Å². The van der Waals surface area contributed by atoms with E-state index in [0.29, 0.717) is 12.2 Å². The van der Waals surface area contributed by atoms with E-state index in [2.05, 4.69) is 60.0 Å². The van der Waals surface area contributed by atoms with Gasteiger partial charge in [-0.15, -0.1) is 0 Å². The second-order valence-electron chi connectivity index (χ2n) is 6.69. The van der Waals surface area contributed by atoms with Crippen LogP contribution in [0.2, 0.25) is 0 Å². The molecule has 0 heterocycles. The molecule has 3 rings (SSSR count). The Hall–Kier alpha value is -3.33. The van der Waals surface area contributed by atoms with E-state index >= 15 is 0 Å². The number of aryl methyl sites for hydroxylation is 1. The Morgan fingerprint density at radius 2 is 1.32 bits per heavy atom. The smallest absolute Gasteiger partial charge is 0.333 e. The summed E-state index contributed by atoms with van der Waals surface area (Å²) in [4.78, 5) is 13.7. The van der Waals surface area contributed by atoms with E-state index in [4.69, 9.17) is 4.74 Å². The van der Waals surface area contributed by atoms with E-state index in [1.54, 1.807) is 6.92 Å². The molecule has 0 amide bonds. The number of anilines is 3. The summed E-state index contributed by atoms with van der Waals surface area (Å²) in [6, 6.07) is 29.2. The van der Waals surface area contributed by atoms with Gasteiger partial charge in [-0.2, -0.15) is 0 Å². The van der Waals surface area contributed by atoms with E-state index in [-0.39, 0.29) is 5.97 Å². The van der Waals surface area contributed by atoms with Gasteiger partial charge in [-0.25, -0.2) is 4.79 Å². The van der Waals surface area contributed by atoms with Gasteiger partial charge in [-0.1, -0.05) is 55.1 Å². The fourth-order valence-corrected chi connectivity index (χ4v) is 2.98. The van der Waals surface area contributed by atoms with Crippen LogP contribution in [0.5, 0.6) is 0 Å². The first-order chi connectivity index (χ1) is 13.6. The molecule has 0 aromatic heterocycles. The van der Waals surface area contributed by atoms with Crippen LogP contribution in [0.1, 0.15) is 18.9 Å². The van der Waals surface area contributed by atoms with Gasteiger partial charge < -0.3 is 9.64 Å². The standard InChI is InChI=1S/C25H25NO2/c1-20(2)25(27)28-19-9-10-21-15-17-24(18-16-21)26(22-11-5-3-6-12-22)23-13-7-4-8-14-23/h3-8,11-18H,1,9-10,19H2,2H3. The van der Waals surface area contributed by atoms with Gasteiger partial charge >= 0.3 is 5.97 Å². The van der Waals surface area contributed by atoms with Gasteiger partial charge in [-0.3, -0.25) is 0 Å². The van der Waals surface area contributed by atoms with E-state index in [9.17, 15) is 4.79 Å². The van der Waals surface area contributed by atoms with Gasteiger partial charge in [0.2, 0.25) is 0 Å². The molecule has 3 aromatic carbocycles. The van der Waals surface area contributed by atoms with Crippen LogP contribution < -0.4 is 4.90 Å². The lowest BCUT2D eigenvalue weighted by molar-refractivity contribution is -0.139. The first-order valence-electron chi connectivity index (χ1n) is 9.47. The normalized spacial score (nSPS) is 10.3. The summed E-state index contributed by atoms with van der Waals surface area (Å²) in [6.07, 6.45) is 1.65. The maximum Gasteiger partial charge on any atom is 0.333 e. The Morgan fingerprint density at radius 1 is 0.821 bits per heavy atom. The molecule has 0 aliphatic heterocycles. The summed E-state index contributed by atoms with van der Waals surface area (Å²) in [5.74, 6) is -0.322. The van der Waals surface area contributed by atoms with Crippen molar-refractivity contribution >= 4 is 23.0 Å². The first-order valence-corrected chi connectivity index (χ1v) is 9.47. The van der Waals surface area contributed by atoms with Gasteiger partial charge in [0.05, 0.1) is 6.61 Å². The molecule has 0 atom stereocenters. The van der Waals surface area contributed by atoms with Gasteiger partial charge in [-0.05, 0) is 61.7 Å². The third-order valence-corrected chi connectivity index (χ3v) is 4.41. The third kappa shape index (κ3) is 5.10. The van der Waals surface area contributed by atoms with Crippen molar-refractivity contribution in [2.75, 3.05) is 11.5 Å². The lowest BCUT2D eigenvalue weighted by Gasteiger charge is -2.25. The topological polar surface area (TPSA) is 29.5 Å². The molecule has 0 N–H and O–H groups in total. The third-order valence-electron chi connectivity index (χ3n) is 4.41. The van der Waals surface area contributed by atoms with Gasteiger partial charge in [0.25, 0.3) is 0 Å². The van der Waals surface area contributed by atoms with Crippen LogP contribution in [0.15, 0.2) is 97.1 Å². The van der Waals surface area contributed by atoms with Crippen molar-refractivity contribution < 1.29 is 9.53 Å². The van der Waals surface area contributed by atoms with E-state index in [1.165, 1.54) is 5.56 Å². The molecule has 0 saturated heterocycles. The molecule has 0 aliphatic carbocycles. The summed E-state index contributed by atoms with van der Waals surface area (Å²) >= 11 is 0. The molecule has 0 radical (unpaired) electrons. The zero-order valence-electron chi connectivity index (χ0n) is 16.2. The highest BCUT2D eigenvalue weighted by atomic mass is 16.5. The van der Waals surface area contributed by atoms with Gasteiger partial charge in [0.1, 0.15) is 0 Å². The lowest BCUT2D eigenvalue weighted by atomic mass is 10.1. The maximum absolute atomic E-state index is 11.4. The van der Waals surface area contributed by atoms with Crippen molar-refractivity contribution in [2.24, 2.45) is 0 Å². The summed E-state index contributed by atoms with van der Waals surface area (Å²) < 4.78 is 5.16. The van der Waals surface area contributed by atoms with Crippen LogP contribution in [-0.4, -0.2) is 12.6 Å². The van der Waals surface area contributed by atoms with Crippen LogP contribution in [0.3, 0.4) is 0 Å². The van der Waals surface area contributed by atoms with Crippen molar-refractivity contribution in [2.45, 2.75) is 19.8 Å². The molecule has 0 aliphatic rings. The summed E-state index contributed by atoms with van der Waals surface area (Å²) in [7, 11) is 0. The number of nitrogens with zero attached hydrogens (tertiary/aromatic N) is 1. The number of benzene rings is 3. The minimum absolute atomic E-state index is 0.322. The predicted molar refractivity (Wildman–Crippen MR) is 115 cm³/mol. The molecule has 0 spiro atoms. The van der Waals surface area contributed by atoms with E-state index in [0.717, 1.165) is 29.9 Å². The molecule has 142 valence electrons. The van der Waals surface area contributed by atoms with E-state index < -0.39 is 0 Å². The number of ether oxygens (including phenoxy) is 1. The van der Waals surface area contributed by atoms with Crippen molar-refractivity contribution in [1.82, 2.24) is 0 Å². The highest BCUT2D eigenvalue weighted by Crippen LogP contribution is 2.34. The predicted octanol–water partition coefficient (Wildman–Crippen LogP) is 6.21. The minimum Gasteiger partial charge on any atom is -0.462 e. The number of esters is 1. The Bertz CT molecular complexity index is 863. The molecule has 3 heteroatoms. The average molecular weight is 371 g/mol. The molecular weight excluding hydrogens is 346 g/mol. The summed E-state index contributed by atoms with van der Waals surface area (Å²) in [5.41, 5.74) is 5.00. The van der Waals surface area contributed by atoms with Crippen molar-refractivity contribution in [1.29, 1.82) is 0 Å². The molecule has 0 bridgehead atoms. The molecule has 0 unspecified atom stereocenters. The summed E-state index contributed by atoms with van der Waals surface area (Å²) in [6.45, 7) is 5.66. The number of rotatable bonds is 8. The highest BCUT2D eigenvalue weighted by molar-refractivity contribution is 5.86. The first kappa shape index (κ1) is 19.4. The average Bonchev–Trinajstić information content (AvgIpc) is 2.74. The Kier molecular flexibility index (Phi) is 6.64. The highest BCUT2D eigenvalue weighted by Gasteiger charge is 2.11. The quantitative estimate of drug-likeness (QED) is 0.268. The monoisotopic (exact) mass is 371 g/mol. The van der Waals surface area contributed by atoms with Gasteiger partial charge in [0.15, 0.2) is 0 Å². The molecule has 3 aromatic rings. The number of para-hydroxylation sites is 2. The van der Waals surface area contributed by atoms with Gasteiger partial charge in [0, 0.05) is 22.6 Å².